The van der Waals surface area contributed by atoms with Gasteiger partial charge in [-0.2, -0.15) is 0 Å². The molecule has 0 aliphatic heterocycles. The second-order valence-corrected chi connectivity index (χ2v) is 7.25. The molecule has 0 amide bonds. The predicted molar refractivity (Wildman–Crippen MR) is 109 cm³/mol. The maximum Gasteiger partial charge on any atom is 0.349 e. The SMILES string of the molecule is COC(=O)c1sc2cc(NC(=S)Nc3ccccc3Cl)ccc2c1Cl. The molecule has 3 rings (SSSR count). The van der Waals surface area contributed by atoms with E-state index < -0.39 is 5.97 Å². The van der Waals surface area contributed by atoms with Crippen molar-refractivity contribution in [2.24, 2.45) is 0 Å². The van der Waals surface area contributed by atoms with Crippen LogP contribution in [0.15, 0.2) is 42.5 Å². The van der Waals surface area contributed by atoms with Gasteiger partial charge in [0.15, 0.2) is 5.11 Å². The number of esters is 1. The quantitative estimate of drug-likeness (QED) is 0.421. The minimum atomic E-state index is -0.448. The summed E-state index contributed by atoms with van der Waals surface area (Å²) in [6.07, 6.45) is 0. The number of ether oxygens (including phenoxy) is 1. The average molecular weight is 411 g/mol. The maximum absolute atomic E-state index is 11.7. The van der Waals surface area contributed by atoms with E-state index in [0.29, 0.717) is 20.0 Å². The van der Waals surface area contributed by atoms with Crippen LogP contribution in [0.3, 0.4) is 0 Å². The van der Waals surface area contributed by atoms with E-state index in [1.54, 1.807) is 6.07 Å². The summed E-state index contributed by atoms with van der Waals surface area (Å²) in [7, 11) is 1.33. The van der Waals surface area contributed by atoms with E-state index >= 15 is 0 Å². The van der Waals surface area contributed by atoms with Crippen LogP contribution >= 0.6 is 46.8 Å². The van der Waals surface area contributed by atoms with Crippen molar-refractivity contribution in [1.82, 2.24) is 0 Å². The molecule has 0 aliphatic rings. The molecular weight excluding hydrogens is 399 g/mol. The molecule has 2 aromatic carbocycles. The molecule has 8 heteroatoms. The number of methoxy groups -OCH3 is 1. The lowest BCUT2D eigenvalue weighted by Gasteiger charge is -2.11. The van der Waals surface area contributed by atoms with Crippen molar-refractivity contribution >= 4 is 79.3 Å². The van der Waals surface area contributed by atoms with Crippen molar-refractivity contribution in [3.05, 3.63) is 57.4 Å². The predicted octanol–water partition coefficient (Wildman–Crippen LogP) is 5.80. The van der Waals surface area contributed by atoms with Gasteiger partial charge in [-0.05, 0) is 42.5 Å². The fourth-order valence-corrected chi connectivity index (χ4v) is 4.09. The molecule has 0 bridgehead atoms. The summed E-state index contributed by atoms with van der Waals surface area (Å²) in [6, 6.07) is 12.9. The zero-order valence-electron chi connectivity index (χ0n) is 12.9. The Labute approximate surface area is 163 Å². The van der Waals surface area contributed by atoms with Crippen LogP contribution in [0.2, 0.25) is 10.0 Å². The average Bonchev–Trinajstić information content (AvgIpc) is 2.92. The number of carbonyl (C=O) groups is 1. The van der Waals surface area contributed by atoms with Gasteiger partial charge < -0.3 is 15.4 Å². The fourth-order valence-electron chi connectivity index (χ4n) is 2.21. The number of thiophene rings is 1. The third kappa shape index (κ3) is 3.88. The normalized spacial score (nSPS) is 10.5. The van der Waals surface area contributed by atoms with Gasteiger partial charge in [0.05, 0.1) is 22.8 Å². The highest BCUT2D eigenvalue weighted by molar-refractivity contribution is 7.80. The second-order valence-electron chi connectivity index (χ2n) is 5.01. The molecule has 128 valence electrons. The van der Waals surface area contributed by atoms with Crippen LogP contribution in [0.4, 0.5) is 11.4 Å². The zero-order chi connectivity index (χ0) is 18.0. The van der Waals surface area contributed by atoms with Crippen LogP contribution in [0.1, 0.15) is 9.67 Å². The number of nitrogens with one attached hydrogen (secondary N) is 2. The number of halogens is 2. The molecule has 25 heavy (non-hydrogen) atoms. The van der Waals surface area contributed by atoms with E-state index in [9.17, 15) is 4.79 Å². The van der Waals surface area contributed by atoms with Crippen LogP contribution in [0.5, 0.6) is 0 Å². The molecule has 0 fully saturated rings. The number of hydrogen-bond donors (Lipinski definition) is 2. The monoisotopic (exact) mass is 410 g/mol. The van der Waals surface area contributed by atoms with E-state index in [0.717, 1.165) is 21.5 Å². The van der Waals surface area contributed by atoms with E-state index in [4.69, 9.17) is 40.2 Å². The van der Waals surface area contributed by atoms with E-state index in [-0.39, 0.29) is 0 Å². The van der Waals surface area contributed by atoms with Gasteiger partial charge in [-0.3, -0.25) is 0 Å². The molecule has 1 heterocycles. The standard InChI is InChI=1S/C17H12Cl2N2O2S2/c1-23-16(22)15-14(19)10-7-6-9(8-13(10)25-15)20-17(24)21-12-5-3-2-4-11(12)18/h2-8H,1H3,(H2,20,21,24). The van der Waals surface area contributed by atoms with Gasteiger partial charge >= 0.3 is 5.97 Å². The minimum Gasteiger partial charge on any atom is -0.465 e. The van der Waals surface area contributed by atoms with Crippen molar-refractivity contribution in [3.63, 3.8) is 0 Å². The van der Waals surface area contributed by atoms with Gasteiger partial charge in [0.1, 0.15) is 4.88 Å². The lowest BCUT2D eigenvalue weighted by Crippen LogP contribution is -2.19. The number of anilines is 2. The molecule has 1 aromatic heterocycles. The van der Waals surface area contributed by atoms with Crippen LogP contribution in [0, 0.1) is 0 Å². The molecule has 3 aromatic rings. The Balaban J connectivity index is 1.81. The number of fused-ring (bicyclic) bond motifs is 1. The summed E-state index contributed by atoms with van der Waals surface area (Å²) >= 11 is 18.9. The molecule has 2 N–H and O–H groups in total. The first-order valence-corrected chi connectivity index (χ1v) is 9.10. The van der Waals surface area contributed by atoms with Gasteiger partial charge in [0.25, 0.3) is 0 Å². The largest absolute Gasteiger partial charge is 0.465 e. The highest BCUT2D eigenvalue weighted by atomic mass is 35.5. The Morgan fingerprint density at radius 1 is 1.16 bits per heavy atom. The van der Waals surface area contributed by atoms with Crippen LogP contribution in [0.25, 0.3) is 10.1 Å². The Bertz CT molecular complexity index is 972. The Kier molecular flexibility index (Phi) is 5.44. The highest BCUT2D eigenvalue weighted by Gasteiger charge is 2.17. The van der Waals surface area contributed by atoms with Gasteiger partial charge in [-0.25, -0.2) is 4.79 Å². The zero-order valence-corrected chi connectivity index (χ0v) is 16.1. The number of para-hydroxylation sites is 1. The van der Waals surface area contributed by atoms with Gasteiger partial charge in [0.2, 0.25) is 0 Å². The third-order valence-corrected chi connectivity index (χ3v) is 5.55. The van der Waals surface area contributed by atoms with Crippen molar-refractivity contribution < 1.29 is 9.53 Å². The first kappa shape index (κ1) is 17.9. The number of carbonyl (C=O) groups excluding carboxylic acids is 1. The number of thiocarbonyl (C=S) groups is 1. The fraction of sp³-hybridized carbons (Fsp3) is 0.0588. The molecule has 0 atom stereocenters. The highest BCUT2D eigenvalue weighted by Crippen LogP contribution is 2.37. The first-order valence-electron chi connectivity index (χ1n) is 7.12. The lowest BCUT2D eigenvalue weighted by molar-refractivity contribution is 0.0606. The summed E-state index contributed by atoms with van der Waals surface area (Å²) in [6.45, 7) is 0. The number of rotatable bonds is 3. The Hall–Kier alpha value is -1.86. The topological polar surface area (TPSA) is 50.4 Å². The second kappa shape index (κ2) is 7.58. The van der Waals surface area contributed by atoms with E-state index in [1.165, 1.54) is 18.4 Å². The molecule has 0 aliphatic carbocycles. The summed E-state index contributed by atoms with van der Waals surface area (Å²) in [5.41, 5.74) is 1.49. The van der Waals surface area contributed by atoms with Crippen LogP contribution in [-0.2, 0) is 4.74 Å². The molecular formula is C17H12Cl2N2O2S2. The van der Waals surface area contributed by atoms with Crippen molar-refractivity contribution in [1.29, 1.82) is 0 Å². The van der Waals surface area contributed by atoms with Gasteiger partial charge in [-0.1, -0.05) is 35.3 Å². The Morgan fingerprint density at radius 2 is 1.92 bits per heavy atom. The van der Waals surface area contributed by atoms with E-state index in [2.05, 4.69) is 10.6 Å². The smallest absolute Gasteiger partial charge is 0.349 e. The van der Waals surface area contributed by atoms with Crippen LogP contribution in [-0.4, -0.2) is 18.2 Å². The molecule has 0 saturated heterocycles. The summed E-state index contributed by atoms with van der Waals surface area (Å²) in [4.78, 5) is 12.1. The third-order valence-electron chi connectivity index (χ3n) is 3.38. The number of benzene rings is 2. The molecule has 0 spiro atoms. The first-order chi connectivity index (χ1) is 12.0. The Morgan fingerprint density at radius 3 is 2.64 bits per heavy atom. The van der Waals surface area contributed by atoms with Gasteiger partial charge in [0, 0.05) is 15.8 Å². The molecule has 0 radical (unpaired) electrons. The molecule has 0 unspecified atom stereocenters. The summed E-state index contributed by atoms with van der Waals surface area (Å²) in [5, 5.41) is 8.31. The minimum absolute atomic E-state index is 0.382. The van der Waals surface area contributed by atoms with Crippen molar-refractivity contribution in [2.45, 2.75) is 0 Å². The summed E-state index contributed by atoms with van der Waals surface area (Å²) in [5.74, 6) is -0.448. The molecule has 0 saturated carbocycles. The van der Waals surface area contributed by atoms with Crippen LogP contribution < -0.4 is 10.6 Å². The van der Waals surface area contributed by atoms with Crippen molar-refractivity contribution in [2.75, 3.05) is 17.7 Å². The van der Waals surface area contributed by atoms with Gasteiger partial charge in [-0.15, -0.1) is 11.3 Å². The van der Waals surface area contributed by atoms with Crippen molar-refractivity contribution in [3.8, 4) is 0 Å². The van der Waals surface area contributed by atoms with E-state index in [1.807, 2.05) is 36.4 Å². The maximum atomic E-state index is 11.7. The summed E-state index contributed by atoms with van der Waals surface area (Å²) < 4.78 is 5.60. The lowest BCUT2D eigenvalue weighted by atomic mass is 10.2. The number of hydrogen-bond acceptors (Lipinski definition) is 4. The molecule has 4 nitrogen and oxygen atoms in total.